The molecule has 1 heterocycles. The highest BCUT2D eigenvalue weighted by molar-refractivity contribution is 7.17. The Labute approximate surface area is 120 Å². The summed E-state index contributed by atoms with van der Waals surface area (Å²) in [6.45, 7) is 1.73. The van der Waals surface area contributed by atoms with Crippen molar-refractivity contribution in [3.63, 3.8) is 0 Å². The van der Waals surface area contributed by atoms with Crippen LogP contribution in [0, 0.1) is 6.92 Å². The maximum atomic E-state index is 12.8. The van der Waals surface area contributed by atoms with Crippen molar-refractivity contribution in [3.8, 4) is 5.75 Å². The number of rotatable bonds is 4. The van der Waals surface area contributed by atoms with E-state index in [0.29, 0.717) is 5.01 Å². The standard InChI is InChI=1S/C12H11F2N2O2PS/c1-6-16-11(15)10(20-6)9(17)7-3-2-4-8(5-7)18-12(13,14)19/h2-5H,15,19H2,1H3. The Hall–Kier alpha value is -1.59. The average Bonchev–Trinajstić information content (AvgIpc) is 2.65. The molecule has 1 unspecified atom stereocenters. The first-order valence-corrected chi connectivity index (χ1v) is 6.89. The van der Waals surface area contributed by atoms with E-state index in [-0.39, 0.29) is 27.8 Å². The number of ketones is 1. The molecule has 0 aliphatic rings. The van der Waals surface area contributed by atoms with E-state index in [1.807, 2.05) is 0 Å². The topological polar surface area (TPSA) is 65.2 Å². The van der Waals surface area contributed by atoms with Gasteiger partial charge in [0.2, 0.25) is 5.78 Å². The summed E-state index contributed by atoms with van der Waals surface area (Å²) < 4.78 is 29.9. The van der Waals surface area contributed by atoms with Gasteiger partial charge in [-0.15, -0.1) is 11.3 Å². The number of thiazole rings is 1. The third kappa shape index (κ3) is 3.49. The summed E-state index contributed by atoms with van der Waals surface area (Å²) >= 11 is 1.16. The maximum absolute atomic E-state index is 12.8. The zero-order valence-electron chi connectivity index (χ0n) is 10.4. The molecule has 2 N–H and O–H groups in total. The normalized spacial score (nSPS) is 11.4. The Morgan fingerprint density at radius 1 is 1.50 bits per heavy atom. The predicted octanol–water partition coefficient (Wildman–Crippen LogP) is 3.07. The van der Waals surface area contributed by atoms with Crippen LogP contribution in [-0.2, 0) is 0 Å². The van der Waals surface area contributed by atoms with Gasteiger partial charge in [0.1, 0.15) is 16.4 Å². The Bertz CT molecular complexity index is 655. The monoisotopic (exact) mass is 316 g/mol. The molecule has 0 aliphatic heterocycles. The van der Waals surface area contributed by atoms with E-state index in [9.17, 15) is 13.6 Å². The van der Waals surface area contributed by atoms with Crippen LogP contribution in [0.15, 0.2) is 24.3 Å². The van der Waals surface area contributed by atoms with E-state index in [1.54, 1.807) is 6.92 Å². The molecule has 0 radical (unpaired) electrons. The van der Waals surface area contributed by atoms with Gasteiger partial charge < -0.3 is 10.5 Å². The number of nitrogens with two attached hydrogens (primary N) is 1. The van der Waals surface area contributed by atoms with Crippen molar-refractivity contribution in [1.29, 1.82) is 0 Å². The number of ether oxygens (including phenoxy) is 1. The number of aryl methyl sites for hydroxylation is 1. The van der Waals surface area contributed by atoms with E-state index in [0.717, 1.165) is 11.3 Å². The smallest absolute Gasteiger partial charge is 0.408 e. The van der Waals surface area contributed by atoms with Gasteiger partial charge in [0.05, 0.1) is 5.01 Å². The summed E-state index contributed by atoms with van der Waals surface area (Å²) in [4.78, 5) is 16.5. The third-order valence-corrected chi connectivity index (χ3v) is 3.42. The molecule has 2 rings (SSSR count). The van der Waals surface area contributed by atoms with Gasteiger partial charge in [-0.25, -0.2) is 4.98 Å². The van der Waals surface area contributed by atoms with E-state index in [4.69, 9.17) is 5.73 Å². The minimum absolute atomic E-state index is 0.101. The molecule has 20 heavy (non-hydrogen) atoms. The van der Waals surface area contributed by atoms with Crippen LogP contribution in [0.5, 0.6) is 5.75 Å². The van der Waals surface area contributed by atoms with Crippen molar-refractivity contribution in [1.82, 2.24) is 4.98 Å². The van der Waals surface area contributed by atoms with Crippen LogP contribution in [0.25, 0.3) is 0 Å². The van der Waals surface area contributed by atoms with Gasteiger partial charge in [0.25, 0.3) is 0 Å². The number of nitrogens with zero attached hydrogens (tertiary/aromatic N) is 1. The van der Waals surface area contributed by atoms with Gasteiger partial charge in [-0.05, 0) is 28.3 Å². The van der Waals surface area contributed by atoms with Crippen molar-refractivity contribution in [2.45, 2.75) is 12.8 Å². The number of anilines is 1. The van der Waals surface area contributed by atoms with Crippen molar-refractivity contribution in [2.24, 2.45) is 0 Å². The lowest BCUT2D eigenvalue weighted by Crippen LogP contribution is -2.15. The Morgan fingerprint density at radius 3 is 2.75 bits per heavy atom. The Kier molecular flexibility index (Phi) is 4.01. The Balaban J connectivity index is 2.31. The fraction of sp³-hybridized carbons (Fsp3) is 0.167. The fourth-order valence-electron chi connectivity index (χ4n) is 1.59. The molecular formula is C12H11F2N2O2PS. The van der Waals surface area contributed by atoms with E-state index < -0.39 is 5.85 Å². The summed E-state index contributed by atoms with van der Waals surface area (Å²) in [5.74, 6) is -3.72. The molecule has 2 aromatic rings. The highest BCUT2D eigenvalue weighted by Crippen LogP contribution is 2.29. The molecule has 0 saturated heterocycles. The molecule has 0 spiro atoms. The van der Waals surface area contributed by atoms with Crippen molar-refractivity contribution in [2.75, 3.05) is 5.73 Å². The highest BCUT2D eigenvalue weighted by Gasteiger charge is 2.24. The Morgan fingerprint density at radius 2 is 2.20 bits per heavy atom. The van der Waals surface area contributed by atoms with E-state index in [1.165, 1.54) is 33.5 Å². The number of halogens is 2. The van der Waals surface area contributed by atoms with E-state index in [2.05, 4.69) is 9.72 Å². The number of hydrogen-bond acceptors (Lipinski definition) is 5. The lowest BCUT2D eigenvalue weighted by Gasteiger charge is -2.13. The first-order valence-electron chi connectivity index (χ1n) is 5.49. The quantitative estimate of drug-likeness (QED) is 0.695. The zero-order chi connectivity index (χ0) is 14.9. The first-order chi connectivity index (χ1) is 9.26. The van der Waals surface area contributed by atoms with Gasteiger partial charge in [-0.3, -0.25) is 4.79 Å². The van der Waals surface area contributed by atoms with Crippen LogP contribution in [0.4, 0.5) is 14.6 Å². The number of carbonyl (C=O) groups excluding carboxylic acids is 1. The van der Waals surface area contributed by atoms with Crippen LogP contribution in [0.3, 0.4) is 0 Å². The summed E-state index contributed by atoms with van der Waals surface area (Å²) in [6.07, 6.45) is 0. The van der Waals surface area contributed by atoms with Gasteiger partial charge in [0, 0.05) is 5.56 Å². The van der Waals surface area contributed by atoms with Crippen molar-refractivity contribution < 1.29 is 18.3 Å². The molecule has 1 aromatic heterocycles. The maximum Gasteiger partial charge on any atom is 0.408 e. The van der Waals surface area contributed by atoms with Crippen LogP contribution in [0.1, 0.15) is 20.2 Å². The van der Waals surface area contributed by atoms with Gasteiger partial charge in [-0.2, -0.15) is 8.78 Å². The van der Waals surface area contributed by atoms with Crippen LogP contribution < -0.4 is 10.5 Å². The second kappa shape index (κ2) is 5.42. The predicted molar refractivity (Wildman–Crippen MR) is 76.4 cm³/mol. The van der Waals surface area contributed by atoms with Crippen molar-refractivity contribution >= 4 is 32.2 Å². The second-order valence-corrected chi connectivity index (χ2v) is 5.84. The van der Waals surface area contributed by atoms with Crippen molar-refractivity contribution in [3.05, 3.63) is 39.7 Å². The third-order valence-electron chi connectivity index (χ3n) is 2.32. The first kappa shape index (κ1) is 14.8. The second-order valence-electron chi connectivity index (χ2n) is 3.97. The summed E-state index contributed by atoms with van der Waals surface area (Å²) in [6, 6.07) is 5.55. The molecule has 0 bridgehead atoms. The highest BCUT2D eigenvalue weighted by atomic mass is 32.1. The molecule has 0 fully saturated rings. The number of alkyl halides is 2. The summed E-state index contributed by atoms with van der Waals surface area (Å²) in [5, 5.41) is 0.662. The van der Waals surface area contributed by atoms with Gasteiger partial charge >= 0.3 is 5.85 Å². The van der Waals surface area contributed by atoms with Gasteiger partial charge in [0.15, 0.2) is 0 Å². The minimum atomic E-state index is -3.39. The van der Waals surface area contributed by atoms with E-state index >= 15 is 0 Å². The fourth-order valence-corrected chi connectivity index (χ4v) is 2.53. The SMILES string of the molecule is Cc1nc(N)c(C(=O)c2cccc(OC(F)(F)P)c2)s1. The minimum Gasteiger partial charge on any atom is -0.430 e. The summed E-state index contributed by atoms with van der Waals surface area (Å²) in [5.41, 5.74) is 5.86. The molecule has 0 saturated carbocycles. The number of aromatic nitrogens is 1. The van der Waals surface area contributed by atoms with Crippen LogP contribution in [0.2, 0.25) is 0 Å². The van der Waals surface area contributed by atoms with Crippen LogP contribution >= 0.6 is 20.6 Å². The lowest BCUT2D eigenvalue weighted by atomic mass is 10.1. The molecule has 0 aliphatic carbocycles. The molecule has 1 aromatic carbocycles. The number of benzene rings is 1. The average molecular weight is 316 g/mol. The molecule has 1 atom stereocenters. The summed E-state index contributed by atoms with van der Waals surface area (Å²) in [7, 11) is 1.27. The molecule has 0 amide bonds. The molecule has 8 heteroatoms. The number of carbonyl (C=O) groups is 1. The number of nitrogen functional groups attached to an aromatic ring is 1. The van der Waals surface area contributed by atoms with Crippen LogP contribution in [-0.4, -0.2) is 16.6 Å². The molecular weight excluding hydrogens is 305 g/mol. The lowest BCUT2D eigenvalue weighted by molar-refractivity contribution is -0.0892. The molecule has 4 nitrogen and oxygen atoms in total. The molecule has 106 valence electrons. The largest absolute Gasteiger partial charge is 0.430 e. The number of hydrogen-bond donors (Lipinski definition) is 1. The zero-order valence-corrected chi connectivity index (χ0v) is 12.4. The van der Waals surface area contributed by atoms with Gasteiger partial charge in [-0.1, -0.05) is 12.1 Å².